The lowest BCUT2D eigenvalue weighted by Crippen LogP contribution is -2.05. The predicted molar refractivity (Wildman–Crippen MR) is 81.5 cm³/mol. The Labute approximate surface area is 127 Å². The molecule has 0 aliphatic carbocycles. The number of nitrogens with zero attached hydrogens (tertiary/aromatic N) is 3. The number of carbonyl (C=O) groups is 1. The summed E-state index contributed by atoms with van der Waals surface area (Å²) < 4.78 is 6.33. The molecule has 0 saturated heterocycles. The number of hydrogen-bond donors (Lipinski definition) is 0. The van der Waals surface area contributed by atoms with Gasteiger partial charge in [-0.25, -0.2) is 0 Å². The van der Waals surface area contributed by atoms with Crippen molar-refractivity contribution in [2.24, 2.45) is 7.05 Å². The van der Waals surface area contributed by atoms with Gasteiger partial charge in [0.25, 0.3) is 0 Å². The highest BCUT2D eigenvalue weighted by molar-refractivity contribution is 8.00. The van der Waals surface area contributed by atoms with Crippen molar-refractivity contribution in [2.45, 2.75) is 5.25 Å². The Balaban J connectivity index is 2.21. The van der Waals surface area contributed by atoms with Gasteiger partial charge in [0.05, 0.1) is 30.3 Å². The fourth-order valence-electron chi connectivity index (χ4n) is 1.90. The first-order chi connectivity index (χ1) is 10.2. The zero-order valence-electron chi connectivity index (χ0n) is 11.8. The minimum absolute atomic E-state index is 0.131. The third kappa shape index (κ3) is 3.64. The first-order valence-corrected chi connectivity index (χ1v) is 7.38. The van der Waals surface area contributed by atoms with Crippen LogP contribution in [-0.2, 0) is 16.6 Å². The molecule has 1 heterocycles. The molecule has 0 radical (unpaired) electrons. The van der Waals surface area contributed by atoms with Crippen LogP contribution in [0.2, 0.25) is 0 Å². The van der Waals surface area contributed by atoms with E-state index in [9.17, 15) is 10.1 Å². The molecule has 1 aromatic carbocycles. The van der Waals surface area contributed by atoms with E-state index in [4.69, 9.17) is 0 Å². The van der Waals surface area contributed by atoms with E-state index in [1.54, 1.807) is 4.68 Å². The van der Waals surface area contributed by atoms with Gasteiger partial charge >= 0.3 is 5.97 Å². The van der Waals surface area contributed by atoms with Crippen molar-refractivity contribution in [3.8, 4) is 17.3 Å². The molecule has 108 valence electrons. The topological polar surface area (TPSA) is 67.9 Å². The number of rotatable bonds is 5. The SMILES string of the molecule is COC(=O)CSC(C#N)c1cc(-c2ccccc2)n(C)n1. The lowest BCUT2D eigenvalue weighted by atomic mass is 10.1. The molecule has 0 amide bonds. The van der Waals surface area contributed by atoms with E-state index < -0.39 is 5.25 Å². The van der Waals surface area contributed by atoms with Crippen molar-refractivity contribution in [3.05, 3.63) is 42.1 Å². The maximum Gasteiger partial charge on any atom is 0.315 e. The quantitative estimate of drug-likeness (QED) is 0.794. The molecule has 5 nitrogen and oxygen atoms in total. The summed E-state index contributed by atoms with van der Waals surface area (Å²) >= 11 is 1.21. The molecule has 2 rings (SSSR count). The summed E-state index contributed by atoms with van der Waals surface area (Å²) in [6, 6.07) is 13.9. The summed E-state index contributed by atoms with van der Waals surface area (Å²) in [6.45, 7) is 0. The zero-order chi connectivity index (χ0) is 15.2. The number of hydrogen-bond acceptors (Lipinski definition) is 5. The van der Waals surface area contributed by atoms with Gasteiger partial charge in [-0.2, -0.15) is 10.4 Å². The van der Waals surface area contributed by atoms with Gasteiger partial charge in [-0.05, 0) is 11.6 Å². The van der Waals surface area contributed by atoms with E-state index in [0.29, 0.717) is 5.69 Å². The maximum absolute atomic E-state index is 11.2. The number of carbonyl (C=O) groups excluding carboxylic acids is 1. The van der Waals surface area contributed by atoms with E-state index in [-0.39, 0.29) is 11.7 Å². The number of nitriles is 1. The Morgan fingerprint density at radius 2 is 2.19 bits per heavy atom. The number of aromatic nitrogens is 2. The Morgan fingerprint density at radius 1 is 1.48 bits per heavy atom. The minimum atomic E-state index is -0.493. The summed E-state index contributed by atoms with van der Waals surface area (Å²) in [7, 11) is 3.17. The number of benzene rings is 1. The lowest BCUT2D eigenvalue weighted by molar-refractivity contribution is -0.137. The third-order valence-corrected chi connectivity index (χ3v) is 4.03. The van der Waals surface area contributed by atoms with Crippen molar-refractivity contribution in [2.75, 3.05) is 12.9 Å². The van der Waals surface area contributed by atoms with Crippen molar-refractivity contribution in [1.29, 1.82) is 5.26 Å². The van der Waals surface area contributed by atoms with Gasteiger partial charge < -0.3 is 4.74 Å². The molecule has 21 heavy (non-hydrogen) atoms. The molecule has 0 aliphatic rings. The van der Waals surface area contributed by atoms with Gasteiger partial charge in [0.15, 0.2) is 0 Å². The molecule has 0 spiro atoms. The highest BCUT2D eigenvalue weighted by Crippen LogP contribution is 2.30. The van der Waals surface area contributed by atoms with Crippen LogP contribution >= 0.6 is 11.8 Å². The van der Waals surface area contributed by atoms with Gasteiger partial charge in [-0.15, -0.1) is 11.8 Å². The first kappa shape index (κ1) is 15.1. The number of esters is 1. The molecule has 1 aromatic heterocycles. The van der Waals surface area contributed by atoms with E-state index in [1.165, 1.54) is 18.9 Å². The molecule has 6 heteroatoms. The van der Waals surface area contributed by atoms with Crippen molar-refractivity contribution in [1.82, 2.24) is 9.78 Å². The zero-order valence-corrected chi connectivity index (χ0v) is 12.6. The molecular formula is C15H15N3O2S. The third-order valence-electron chi connectivity index (χ3n) is 2.95. The van der Waals surface area contributed by atoms with E-state index in [1.807, 2.05) is 43.4 Å². The van der Waals surface area contributed by atoms with Crippen molar-refractivity contribution >= 4 is 17.7 Å². The van der Waals surface area contributed by atoms with Gasteiger partial charge in [-0.3, -0.25) is 9.48 Å². The number of aryl methyl sites for hydroxylation is 1. The van der Waals surface area contributed by atoms with Crippen molar-refractivity contribution in [3.63, 3.8) is 0 Å². The van der Waals surface area contributed by atoms with Crippen LogP contribution < -0.4 is 0 Å². The summed E-state index contributed by atoms with van der Waals surface area (Å²) in [5.74, 6) is -0.217. The molecule has 0 saturated carbocycles. The lowest BCUT2D eigenvalue weighted by Gasteiger charge is -2.04. The maximum atomic E-state index is 11.2. The smallest absolute Gasteiger partial charge is 0.315 e. The van der Waals surface area contributed by atoms with Crippen molar-refractivity contribution < 1.29 is 9.53 Å². The fraction of sp³-hybridized carbons (Fsp3) is 0.267. The monoisotopic (exact) mass is 301 g/mol. The highest BCUT2D eigenvalue weighted by Gasteiger charge is 2.18. The van der Waals surface area contributed by atoms with Crippen LogP contribution in [0.5, 0.6) is 0 Å². The van der Waals surface area contributed by atoms with Gasteiger partial charge in [0, 0.05) is 7.05 Å². The average molecular weight is 301 g/mol. The van der Waals surface area contributed by atoms with E-state index in [0.717, 1.165) is 11.3 Å². The van der Waals surface area contributed by atoms with Gasteiger partial charge in [-0.1, -0.05) is 30.3 Å². The summed E-state index contributed by atoms with van der Waals surface area (Å²) in [6.07, 6.45) is 0. The van der Waals surface area contributed by atoms with Crippen LogP contribution in [-0.4, -0.2) is 28.6 Å². The number of ether oxygens (including phenoxy) is 1. The Morgan fingerprint density at radius 3 is 2.81 bits per heavy atom. The first-order valence-electron chi connectivity index (χ1n) is 6.33. The Hall–Kier alpha value is -2.26. The molecule has 0 bridgehead atoms. The molecule has 0 N–H and O–H groups in total. The highest BCUT2D eigenvalue weighted by atomic mass is 32.2. The van der Waals surface area contributed by atoms with Crippen LogP contribution in [0.25, 0.3) is 11.3 Å². The molecule has 0 aliphatic heterocycles. The molecule has 1 unspecified atom stereocenters. The molecular weight excluding hydrogens is 286 g/mol. The van der Waals surface area contributed by atoms with Gasteiger partial charge in [0.1, 0.15) is 5.25 Å². The van der Waals surface area contributed by atoms with E-state index in [2.05, 4.69) is 15.9 Å². The average Bonchev–Trinajstić information content (AvgIpc) is 2.90. The summed E-state index contributed by atoms with van der Waals surface area (Å²) in [5, 5.41) is 13.2. The number of methoxy groups -OCH3 is 1. The largest absolute Gasteiger partial charge is 0.468 e. The Bertz CT molecular complexity index is 661. The van der Waals surface area contributed by atoms with Crippen LogP contribution in [0.4, 0.5) is 0 Å². The molecule has 0 fully saturated rings. The molecule has 1 atom stereocenters. The van der Waals surface area contributed by atoms with Gasteiger partial charge in [0.2, 0.25) is 0 Å². The summed E-state index contributed by atoms with van der Waals surface area (Å²) in [5.41, 5.74) is 2.62. The number of thioether (sulfide) groups is 1. The normalized spacial score (nSPS) is 11.7. The minimum Gasteiger partial charge on any atom is -0.468 e. The second kappa shape index (κ2) is 6.95. The standard InChI is InChI=1S/C15H15N3O2S/c1-18-13(11-6-4-3-5-7-11)8-12(17-18)14(9-16)21-10-15(19)20-2/h3-8,14H,10H2,1-2H3. The molecule has 2 aromatic rings. The second-order valence-corrected chi connectivity index (χ2v) is 5.43. The van der Waals surface area contributed by atoms with Crippen LogP contribution in [0.3, 0.4) is 0 Å². The van der Waals surface area contributed by atoms with E-state index >= 15 is 0 Å². The van der Waals surface area contributed by atoms with Crippen LogP contribution in [0.1, 0.15) is 10.9 Å². The van der Waals surface area contributed by atoms with Crippen LogP contribution in [0.15, 0.2) is 36.4 Å². The predicted octanol–water partition coefficient (Wildman–Crippen LogP) is 2.56. The fourth-order valence-corrected chi connectivity index (χ4v) is 2.68. The summed E-state index contributed by atoms with van der Waals surface area (Å²) in [4.78, 5) is 11.2. The second-order valence-electron chi connectivity index (χ2n) is 4.34. The Kier molecular flexibility index (Phi) is 5.01. The van der Waals surface area contributed by atoms with Crippen LogP contribution in [0, 0.1) is 11.3 Å².